The summed E-state index contributed by atoms with van der Waals surface area (Å²) in [5, 5.41) is 0. The maximum Gasteiger partial charge on any atom is 0.116 e. The van der Waals surface area contributed by atoms with Gasteiger partial charge in [0.05, 0.1) is 6.67 Å². The van der Waals surface area contributed by atoms with Gasteiger partial charge in [-0.15, -0.1) is 6.58 Å². The molecule has 0 radical (unpaired) electrons. The van der Waals surface area contributed by atoms with Crippen molar-refractivity contribution in [2.24, 2.45) is 17.3 Å². The molecule has 0 N–H and O–H groups in total. The fraction of sp³-hybridized carbons (Fsp3) is 0.833. The van der Waals surface area contributed by atoms with Crippen LogP contribution >= 0.6 is 0 Å². The van der Waals surface area contributed by atoms with Gasteiger partial charge in [-0.25, -0.2) is 4.39 Å². The lowest BCUT2D eigenvalue weighted by atomic mass is 9.67. The average Bonchev–Trinajstić information content (AvgIpc) is 2.33. The van der Waals surface area contributed by atoms with Crippen molar-refractivity contribution in [3.05, 3.63) is 12.7 Å². The molecule has 0 aromatic heterocycles. The third-order valence-electron chi connectivity index (χ3n) is 4.41. The number of halogens is 3. The predicted octanol–water partition coefficient (Wildman–Crippen LogP) is 4.08. The van der Waals surface area contributed by atoms with E-state index in [4.69, 9.17) is 0 Å². The maximum atomic E-state index is 14.5. The monoisotopic (exact) mass is 222 g/mol. The molecule has 0 aromatic rings. The minimum Gasteiger partial charge on any atom is -0.269 e. The smallest absolute Gasteiger partial charge is 0.116 e. The molecule has 4 unspecified atom stereocenters. The fourth-order valence-corrected chi connectivity index (χ4v) is 2.64. The van der Waals surface area contributed by atoms with Gasteiger partial charge in [0.1, 0.15) is 5.67 Å². The lowest BCUT2D eigenvalue weighted by Gasteiger charge is -2.41. The lowest BCUT2D eigenvalue weighted by Crippen LogP contribution is -2.44. The Morgan fingerprint density at radius 1 is 1.53 bits per heavy atom. The average molecular weight is 222 g/mol. The standard InChI is InChI=1S/C12H20F2.FH/c1-5-10(8-13)11(3)7-6-9(2)12(11,4)14;/h5,9-10H,1,6-8H2,2-4H3;1H. The highest BCUT2D eigenvalue weighted by Gasteiger charge is 2.56. The van der Waals surface area contributed by atoms with Crippen molar-refractivity contribution in [2.75, 3.05) is 6.67 Å². The molecule has 1 aliphatic carbocycles. The highest BCUT2D eigenvalue weighted by Crippen LogP contribution is 2.56. The summed E-state index contributed by atoms with van der Waals surface area (Å²) in [6.07, 6.45) is 3.16. The van der Waals surface area contributed by atoms with Crippen molar-refractivity contribution >= 4 is 0 Å². The number of allylic oxidation sites excluding steroid dienone is 1. The van der Waals surface area contributed by atoms with Gasteiger partial charge >= 0.3 is 0 Å². The first-order valence-electron chi connectivity index (χ1n) is 5.27. The molecule has 1 saturated carbocycles. The zero-order valence-corrected chi connectivity index (χ0v) is 9.72. The summed E-state index contributed by atoms with van der Waals surface area (Å²) in [5.74, 6) is -0.344. The Kier molecular flexibility index (Phi) is 4.44. The topological polar surface area (TPSA) is 0 Å². The highest BCUT2D eigenvalue weighted by atomic mass is 19.1. The van der Waals surface area contributed by atoms with Gasteiger partial charge in [0.25, 0.3) is 0 Å². The van der Waals surface area contributed by atoms with E-state index in [0.717, 1.165) is 12.8 Å². The van der Waals surface area contributed by atoms with Crippen LogP contribution in [0.2, 0.25) is 0 Å². The quantitative estimate of drug-likeness (QED) is 0.631. The number of rotatable bonds is 3. The Balaban J connectivity index is 0.00000196. The molecule has 0 heterocycles. The molecule has 15 heavy (non-hydrogen) atoms. The van der Waals surface area contributed by atoms with E-state index in [1.165, 1.54) is 0 Å². The van der Waals surface area contributed by atoms with Crippen LogP contribution in [0.5, 0.6) is 0 Å². The summed E-state index contributed by atoms with van der Waals surface area (Å²) in [4.78, 5) is 0. The Morgan fingerprint density at radius 3 is 2.33 bits per heavy atom. The van der Waals surface area contributed by atoms with Crippen LogP contribution in [0.3, 0.4) is 0 Å². The molecule has 0 spiro atoms. The Morgan fingerprint density at radius 2 is 2.07 bits per heavy atom. The number of hydrogen-bond acceptors (Lipinski definition) is 0. The Labute approximate surface area is 90.1 Å². The first-order valence-corrected chi connectivity index (χ1v) is 5.27. The van der Waals surface area contributed by atoms with Crippen LogP contribution < -0.4 is 0 Å². The Bertz CT molecular complexity index is 225. The summed E-state index contributed by atoms with van der Waals surface area (Å²) in [6.45, 7) is 8.46. The van der Waals surface area contributed by atoms with Crippen LogP contribution in [0.1, 0.15) is 33.6 Å². The van der Waals surface area contributed by atoms with Crippen LogP contribution in [0.4, 0.5) is 13.5 Å². The van der Waals surface area contributed by atoms with Gasteiger partial charge in [-0.05, 0) is 25.7 Å². The molecule has 0 saturated heterocycles. The molecule has 4 atom stereocenters. The van der Waals surface area contributed by atoms with E-state index in [2.05, 4.69) is 6.58 Å². The van der Waals surface area contributed by atoms with Gasteiger partial charge in [-0.2, -0.15) is 0 Å². The van der Waals surface area contributed by atoms with Crippen molar-refractivity contribution in [3.63, 3.8) is 0 Å². The first-order chi connectivity index (χ1) is 6.40. The first kappa shape index (κ1) is 14.5. The van der Waals surface area contributed by atoms with Gasteiger partial charge in [0.2, 0.25) is 0 Å². The van der Waals surface area contributed by atoms with Crippen LogP contribution in [-0.2, 0) is 0 Å². The van der Waals surface area contributed by atoms with Gasteiger partial charge in [0.15, 0.2) is 0 Å². The van der Waals surface area contributed by atoms with Gasteiger partial charge < -0.3 is 0 Å². The molecule has 90 valence electrons. The summed E-state index contributed by atoms with van der Waals surface area (Å²) in [6, 6.07) is 0. The normalized spacial score (nSPS) is 42.1. The molecule has 0 bridgehead atoms. The van der Waals surface area contributed by atoms with Crippen molar-refractivity contribution in [1.82, 2.24) is 0 Å². The van der Waals surface area contributed by atoms with E-state index < -0.39 is 17.8 Å². The largest absolute Gasteiger partial charge is 0.269 e. The van der Waals surface area contributed by atoms with E-state index >= 15 is 0 Å². The van der Waals surface area contributed by atoms with E-state index in [1.54, 1.807) is 13.0 Å². The van der Waals surface area contributed by atoms with Crippen molar-refractivity contribution in [3.8, 4) is 0 Å². The van der Waals surface area contributed by atoms with Crippen molar-refractivity contribution < 1.29 is 13.5 Å². The fourth-order valence-electron chi connectivity index (χ4n) is 2.64. The molecule has 0 nitrogen and oxygen atoms in total. The molecule has 0 amide bonds. The molecule has 3 heteroatoms. The lowest BCUT2D eigenvalue weighted by molar-refractivity contribution is -0.0141. The van der Waals surface area contributed by atoms with E-state index in [9.17, 15) is 8.78 Å². The third kappa shape index (κ3) is 1.93. The van der Waals surface area contributed by atoms with Crippen molar-refractivity contribution in [2.45, 2.75) is 39.3 Å². The summed E-state index contributed by atoms with van der Waals surface area (Å²) < 4.78 is 27.3. The molecule has 1 rings (SSSR count). The summed E-state index contributed by atoms with van der Waals surface area (Å²) in [5.41, 5.74) is -1.86. The van der Waals surface area contributed by atoms with Crippen LogP contribution in [0.15, 0.2) is 12.7 Å². The Hall–Kier alpha value is -0.470. The number of alkyl halides is 2. The van der Waals surface area contributed by atoms with Gasteiger partial charge in [-0.1, -0.05) is 19.9 Å². The highest BCUT2D eigenvalue weighted by molar-refractivity contribution is 5.09. The zero-order chi connectivity index (χ0) is 11.0. The molecular weight excluding hydrogens is 201 g/mol. The molecule has 1 aliphatic rings. The van der Waals surface area contributed by atoms with E-state index in [-0.39, 0.29) is 16.5 Å². The second-order valence-corrected chi connectivity index (χ2v) is 4.93. The molecule has 0 aromatic carbocycles. The van der Waals surface area contributed by atoms with Crippen LogP contribution in [0, 0.1) is 17.3 Å². The van der Waals surface area contributed by atoms with Crippen LogP contribution in [0.25, 0.3) is 0 Å². The summed E-state index contributed by atoms with van der Waals surface area (Å²) >= 11 is 0. The second kappa shape index (κ2) is 4.58. The van der Waals surface area contributed by atoms with Crippen LogP contribution in [-0.4, -0.2) is 12.3 Å². The SMILES string of the molecule is C=CC(CF)C1(C)CCC(C)C1(C)F.F. The third-order valence-corrected chi connectivity index (χ3v) is 4.41. The minimum atomic E-state index is -1.28. The zero-order valence-electron chi connectivity index (χ0n) is 9.72. The predicted molar refractivity (Wildman–Crippen MR) is 58.2 cm³/mol. The maximum absolute atomic E-state index is 14.5. The van der Waals surface area contributed by atoms with Gasteiger partial charge in [0, 0.05) is 11.3 Å². The minimum absolute atomic E-state index is 0. The molecule has 1 fully saturated rings. The second-order valence-electron chi connectivity index (χ2n) is 4.93. The molecular formula is C12H21F3. The van der Waals surface area contributed by atoms with Crippen molar-refractivity contribution in [1.29, 1.82) is 0 Å². The van der Waals surface area contributed by atoms with Gasteiger partial charge in [-0.3, -0.25) is 9.09 Å². The molecule has 0 aliphatic heterocycles. The summed E-state index contributed by atoms with van der Waals surface area (Å²) in [7, 11) is 0. The number of hydrogen-bond donors (Lipinski definition) is 0. The van der Waals surface area contributed by atoms with E-state index in [0.29, 0.717) is 0 Å². The van der Waals surface area contributed by atoms with E-state index in [1.807, 2.05) is 13.8 Å².